The summed E-state index contributed by atoms with van der Waals surface area (Å²) in [5.74, 6) is 1.42. The molecule has 2 atom stereocenters. The minimum Gasteiger partial charge on any atom is -0.316 e. The van der Waals surface area contributed by atoms with Crippen LogP contribution in [0.1, 0.15) is 39.2 Å². The van der Waals surface area contributed by atoms with Crippen molar-refractivity contribution in [3.8, 4) is 0 Å². The van der Waals surface area contributed by atoms with Crippen LogP contribution in [0.2, 0.25) is 5.02 Å². The lowest BCUT2D eigenvalue weighted by Crippen LogP contribution is -2.50. The fourth-order valence-electron chi connectivity index (χ4n) is 2.99. The molecule has 0 saturated heterocycles. The van der Waals surface area contributed by atoms with Crippen molar-refractivity contribution >= 4 is 11.6 Å². The number of benzene rings is 1. The van der Waals surface area contributed by atoms with Gasteiger partial charge in [-0.15, -0.1) is 0 Å². The molecular weight excluding hydrogens is 242 g/mol. The maximum atomic E-state index is 6.40. The SMILES string of the molecule is CC(C)CNCC1(c2ccccc2Cl)CCC1C. The van der Waals surface area contributed by atoms with E-state index in [1.165, 1.54) is 18.4 Å². The standard InChI is InChI=1S/C16H24ClN/c1-12(2)10-18-11-16(9-8-13(16)3)14-6-4-5-7-15(14)17/h4-7,12-13,18H,8-11H2,1-3H3. The highest BCUT2D eigenvalue weighted by Gasteiger charge is 2.45. The third-order valence-corrected chi connectivity index (χ3v) is 4.70. The molecule has 2 unspecified atom stereocenters. The fourth-order valence-corrected chi connectivity index (χ4v) is 3.31. The van der Waals surface area contributed by atoms with Crippen molar-refractivity contribution in [2.24, 2.45) is 11.8 Å². The molecule has 1 saturated carbocycles. The van der Waals surface area contributed by atoms with Gasteiger partial charge in [-0.05, 0) is 42.9 Å². The molecular formula is C16H24ClN. The Balaban J connectivity index is 2.15. The van der Waals surface area contributed by atoms with Crippen LogP contribution in [0.15, 0.2) is 24.3 Å². The zero-order valence-corrected chi connectivity index (χ0v) is 12.4. The summed E-state index contributed by atoms with van der Waals surface area (Å²) in [6.45, 7) is 8.98. The maximum Gasteiger partial charge on any atom is 0.0444 e. The molecule has 1 aliphatic carbocycles. The summed E-state index contributed by atoms with van der Waals surface area (Å²) in [5, 5.41) is 4.55. The molecule has 0 aliphatic heterocycles. The van der Waals surface area contributed by atoms with Gasteiger partial charge in [0.25, 0.3) is 0 Å². The van der Waals surface area contributed by atoms with E-state index in [9.17, 15) is 0 Å². The van der Waals surface area contributed by atoms with Crippen molar-refractivity contribution in [3.05, 3.63) is 34.9 Å². The zero-order chi connectivity index (χ0) is 13.2. The third kappa shape index (κ3) is 2.57. The number of hydrogen-bond donors (Lipinski definition) is 1. The molecule has 0 aromatic heterocycles. The molecule has 1 N–H and O–H groups in total. The first-order chi connectivity index (χ1) is 8.56. The minimum atomic E-state index is 0.257. The van der Waals surface area contributed by atoms with Gasteiger partial charge in [-0.25, -0.2) is 0 Å². The quantitative estimate of drug-likeness (QED) is 0.839. The second kappa shape index (κ2) is 5.63. The zero-order valence-electron chi connectivity index (χ0n) is 11.7. The summed E-state index contributed by atoms with van der Waals surface area (Å²) in [4.78, 5) is 0. The summed E-state index contributed by atoms with van der Waals surface area (Å²) in [6, 6.07) is 8.35. The molecule has 0 bridgehead atoms. The highest BCUT2D eigenvalue weighted by atomic mass is 35.5. The molecule has 18 heavy (non-hydrogen) atoms. The van der Waals surface area contributed by atoms with Crippen molar-refractivity contribution in [3.63, 3.8) is 0 Å². The molecule has 1 nitrogen and oxygen atoms in total. The van der Waals surface area contributed by atoms with Crippen LogP contribution in [0.5, 0.6) is 0 Å². The monoisotopic (exact) mass is 265 g/mol. The number of halogens is 1. The van der Waals surface area contributed by atoms with Crippen LogP contribution in [0.25, 0.3) is 0 Å². The van der Waals surface area contributed by atoms with Crippen LogP contribution in [0.4, 0.5) is 0 Å². The molecule has 0 amide bonds. The van der Waals surface area contributed by atoms with E-state index in [0.717, 1.165) is 24.0 Å². The Labute approximate surface area is 116 Å². The third-order valence-electron chi connectivity index (χ3n) is 4.37. The van der Waals surface area contributed by atoms with E-state index < -0.39 is 0 Å². The first kappa shape index (κ1) is 13.9. The van der Waals surface area contributed by atoms with Crippen molar-refractivity contribution in [1.29, 1.82) is 0 Å². The second-order valence-corrected chi connectivity index (χ2v) is 6.51. The Morgan fingerprint density at radius 1 is 1.39 bits per heavy atom. The molecule has 100 valence electrons. The maximum absolute atomic E-state index is 6.40. The van der Waals surface area contributed by atoms with Gasteiger partial charge in [0, 0.05) is 17.0 Å². The fraction of sp³-hybridized carbons (Fsp3) is 0.625. The van der Waals surface area contributed by atoms with Crippen LogP contribution in [0, 0.1) is 11.8 Å². The van der Waals surface area contributed by atoms with Gasteiger partial charge in [0.15, 0.2) is 0 Å². The first-order valence-corrected chi connectivity index (χ1v) is 7.40. The van der Waals surface area contributed by atoms with Crippen LogP contribution < -0.4 is 5.32 Å². The predicted molar refractivity (Wildman–Crippen MR) is 79.2 cm³/mol. The summed E-state index contributed by atoms with van der Waals surface area (Å²) in [7, 11) is 0. The van der Waals surface area contributed by atoms with E-state index in [2.05, 4.69) is 38.2 Å². The first-order valence-electron chi connectivity index (χ1n) is 7.02. The van der Waals surface area contributed by atoms with Crippen LogP contribution in [0.3, 0.4) is 0 Å². The van der Waals surface area contributed by atoms with Crippen molar-refractivity contribution in [2.75, 3.05) is 13.1 Å². The Bertz CT molecular complexity index is 402. The average molecular weight is 266 g/mol. The molecule has 1 aliphatic rings. The molecule has 0 spiro atoms. The number of nitrogens with one attached hydrogen (secondary N) is 1. The van der Waals surface area contributed by atoms with Crippen LogP contribution in [-0.2, 0) is 5.41 Å². The molecule has 2 heteroatoms. The highest BCUT2D eigenvalue weighted by Crippen LogP contribution is 2.50. The van der Waals surface area contributed by atoms with Gasteiger partial charge < -0.3 is 5.32 Å². The van der Waals surface area contributed by atoms with Crippen LogP contribution in [-0.4, -0.2) is 13.1 Å². The topological polar surface area (TPSA) is 12.0 Å². The van der Waals surface area contributed by atoms with Gasteiger partial charge in [-0.3, -0.25) is 0 Å². The molecule has 0 heterocycles. The summed E-state index contributed by atoms with van der Waals surface area (Å²) in [6.07, 6.45) is 2.57. The van der Waals surface area contributed by atoms with E-state index in [1.54, 1.807) is 0 Å². The van der Waals surface area contributed by atoms with Gasteiger partial charge in [-0.2, -0.15) is 0 Å². The molecule has 1 fully saturated rings. The largest absolute Gasteiger partial charge is 0.316 e. The Kier molecular flexibility index (Phi) is 4.34. The molecule has 2 rings (SSSR count). The lowest BCUT2D eigenvalue weighted by molar-refractivity contribution is 0.133. The lowest BCUT2D eigenvalue weighted by atomic mass is 9.57. The Morgan fingerprint density at radius 2 is 2.11 bits per heavy atom. The molecule has 0 radical (unpaired) electrons. The molecule has 1 aromatic rings. The van der Waals surface area contributed by atoms with Crippen molar-refractivity contribution < 1.29 is 0 Å². The Hall–Kier alpha value is -0.530. The van der Waals surface area contributed by atoms with Crippen molar-refractivity contribution in [2.45, 2.75) is 39.0 Å². The summed E-state index contributed by atoms with van der Waals surface area (Å²) in [5.41, 5.74) is 1.59. The Morgan fingerprint density at radius 3 is 2.61 bits per heavy atom. The highest BCUT2D eigenvalue weighted by molar-refractivity contribution is 6.31. The normalized spacial score (nSPS) is 27.3. The summed E-state index contributed by atoms with van der Waals surface area (Å²) >= 11 is 6.40. The van der Waals surface area contributed by atoms with Gasteiger partial charge in [0.1, 0.15) is 0 Å². The van der Waals surface area contributed by atoms with E-state index in [4.69, 9.17) is 11.6 Å². The van der Waals surface area contributed by atoms with Gasteiger partial charge >= 0.3 is 0 Å². The van der Waals surface area contributed by atoms with E-state index in [-0.39, 0.29) is 5.41 Å². The van der Waals surface area contributed by atoms with Gasteiger partial charge in [0.2, 0.25) is 0 Å². The van der Waals surface area contributed by atoms with Gasteiger partial charge in [0.05, 0.1) is 0 Å². The number of hydrogen-bond acceptors (Lipinski definition) is 1. The molecule has 1 aromatic carbocycles. The van der Waals surface area contributed by atoms with Gasteiger partial charge in [-0.1, -0.05) is 50.6 Å². The van der Waals surface area contributed by atoms with E-state index in [0.29, 0.717) is 5.92 Å². The van der Waals surface area contributed by atoms with E-state index in [1.807, 2.05) is 12.1 Å². The second-order valence-electron chi connectivity index (χ2n) is 6.10. The lowest BCUT2D eigenvalue weighted by Gasteiger charge is -2.49. The predicted octanol–water partition coefficient (Wildman–Crippen LogP) is 4.25. The summed E-state index contributed by atoms with van der Waals surface area (Å²) < 4.78 is 0. The smallest absolute Gasteiger partial charge is 0.0444 e. The van der Waals surface area contributed by atoms with E-state index >= 15 is 0 Å². The minimum absolute atomic E-state index is 0.257. The van der Waals surface area contributed by atoms with Crippen molar-refractivity contribution in [1.82, 2.24) is 5.32 Å². The average Bonchev–Trinajstić information content (AvgIpc) is 2.33. The number of rotatable bonds is 5. The van der Waals surface area contributed by atoms with Crippen LogP contribution >= 0.6 is 11.6 Å².